The van der Waals surface area contributed by atoms with Crippen LogP contribution in [0, 0.1) is 6.92 Å². The summed E-state index contributed by atoms with van der Waals surface area (Å²) >= 11 is 0. The van der Waals surface area contributed by atoms with Crippen LogP contribution in [0.1, 0.15) is 15.9 Å². The molecule has 0 aliphatic heterocycles. The highest BCUT2D eigenvalue weighted by atomic mass is 16.2. The maximum Gasteiger partial charge on any atom is 0.270 e. The molecule has 0 radical (unpaired) electrons. The van der Waals surface area contributed by atoms with E-state index in [2.05, 4.69) is 15.6 Å². The van der Waals surface area contributed by atoms with Crippen molar-refractivity contribution in [1.29, 1.82) is 0 Å². The van der Waals surface area contributed by atoms with Crippen LogP contribution in [0.15, 0.2) is 36.9 Å². The van der Waals surface area contributed by atoms with Crippen molar-refractivity contribution in [3.8, 4) is 0 Å². The Morgan fingerprint density at radius 3 is 2.73 bits per heavy atom. The Hall–Kier alpha value is -2.17. The molecule has 5 heteroatoms. The molecule has 76 valence electrons. The number of hydrogen-bond acceptors (Lipinski definition) is 3. The van der Waals surface area contributed by atoms with Gasteiger partial charge in [-0.3, -0.25) is 10.2 Å². The van der Waals surface area contributed by atoms with Gasteiger partial charge in [0.15, 0.2) is 0 Å². The number of rotatable bonds is 2. The summed E-state index contributed by atoms with van der Waals surface area (Å²) in [6.07, 6.45) is 2.85. The third-order valence-corrected chi connectivity index (χ3v) is 1.93. The summed E-state index contributed by atoms with van der Waals surface area (Å²) in [4.78, 5) is 11.7. The van der Waals surface area contributed by atoms with Crippen molar-refractivity contribution in [2.75, 3.05) is 5.43 Å². The number of hydrogen-bond donors (Lipinski definition) is 1. The summed E-state index contributed by atoms with van der Waals surface area (Å²) in [6, 6.07) is 7.36. The van der Waals surface area contributed by atoms with Gasteiger partial charge < -0.3 is 0 Å². The van der Waals surface area contributed by atoms with Gasteiger partial charge in [0.25, 0.3) is 5.91 Å². The van der Waals surface area contributed by atoms with Crippen molar-refractivity contribution in [2.45, 2.75) is 6.92 Å². The topological polar surface area (TPSA) is 59.8 Å². The number of amides is 1. The summed E-state index contributed by atoms with van der Waals surface area (Å²) in [7, 11) is 0. The Labute approximate surface area is 86.7 Å². The Morgan fingerprint density at radius 2 is 2.07 bits per heavy atom. The molecule has 0 saturated heterocycles. The highest BCUT2D eigenvalue weighted by Gasteiger charge is 2.04. The number of nitrogens with zero attached hydrogens (tertiary/aromatic N) is 3. The van der Waals surface area contributed by atoms with Crippen LogP contribution in [-0.2, 0) is 0 Å². The Morgan fingerprint density at radius 1 is 1.33 bits per heavy atom. The first kappa shape index (κ1) is 9.39. The smallest absolute Gasteiger partial charge is 0.267 e. The molecule has 15 heavy (non-hydrogen) atoms. The van der Waals surface area contributed by atoms with E-state index in [-0.39, 0.29) is 5.91 Å². The molecule has 2 aromatic rings. The van der Waals surface area contributed by atoms with Gasteiger partial charge in [-0.2, -0.15) is 0 Å². The van der Waals surface area contributed by atoms with E-state index in [0.717, 1.165) is 5.56 Å². The molecule has 0 saturated carbocycles. The fourth-order valence-electron chi connectivity index (χ4n) is 1.23. The predicted octanol–water partition coefficient (Wildman–Crippen LogP) is 0.970. The van der Waals surface area contributed by atoms with Crippen LogP contribution in [0.2, 0.25) is 0 Å². The zero-order valence-corrected chi connectivity index (χ0v) is 8.21. The van der Waals surface area contributed by atoms with Gasteiger partial charge >= 0.3 is 0 Å². The van der Waals surface area contributed by atoms with E-state index in [1.807, 2.05) is 25.1 Å². The van der Waals surface area contributed by atoms with E-state index in [1.54, 1.807) is 6.07 Å². The van der Waals surface area contributed by atoms with Crippen molar-refractivity contribution in [2.24, 2.45) is 0 Å². The van der Waals surface area contributed by atoms with Crippen molar-refractivity contribution in [3.05, 3.63) is 48.0 Å². The quantitative estimate of drug-likeness (QED) is 0.789. The van der Waals surface area contributed by atoms with E-state index in [4.69, 9.17) is 0 Å². The van der Waals surface area contributed by atoms with Crippen molar-refractivity contribution < 1.29 is 4.79 Å². The molecule has 1 aromatic heterocycles. The lowest BCUT2D eigenvalue weighted by Crippen LogP contribution is -2.21. The van der Waals surface area contributed by atoms with Crippen molar-refractivity contribution in [1.82, 2.24) is 14.9 Å². The van der Waals surface area contributed by atoms with Gasteiger partial charge in [0, 0.05) is 5.56 Å². The highest BCUT2D eigenvalue weighted by molar-refractivity contribution is 5.99. The molecule has 1 amide bonds. The van der Waals surface area contributed by atoms with Crippen LogP contribution in [0.25, 0.3) is 0 Å². The Balaban J connectivity index is 2.15. The normalized spacial score (nSPS) is 9.93. The molecule has 0 aliphatic rings. The Kier molecular flexibility index (Phi) is 2.45. The number of aromatic nitrogens is 3. The lowest BCUT2D eigenvalue weighted by Gasteiger charge is -2.04. The summed E-state index contributed by atoms with van der Waals surface area (Å²) < 4.78 is 1.41. The first-order chi connectivity index (χ1) is 7.25. The maximum absolute atomic E-state index is 11.7. The minimum absolute atomic E-state index is 0.182. The molecule has 0 atom stereocenters. The van der Waals surface area contributed by atoms with E-state index >= 15 is 0 Å². The van der Waals surface area contributed by atoms with Crippen molar-refractivity contribution >= 4 is 5.91 Å². The zero-order chi connectivity index (χ0) is 10.7. The van der Waals surface area contributed by atoms with E-state index in [0.29, 0.717) is 5.56 Å². The van der Waals surface area contributed by atoms with Crippen LogP contribution in [0.3, 0.4) is 0 Å². The van der Waals surface area contributed by atoms with E-state index in [9.17, 15) is 4.79 Å². The van der Waals surface area contributed by atoms with Gasteiger partial charge in [0.1, 0.15) is 12.7 Å². The van der Waals surface area contributed by atoms with E-state index < -0.39 is 0 Å². The third-order valence-electron chi connectivity index (χ3n) is 1.93. The van der Waals surface area contributed by atoms with Gasteiger partial charge in [0.2, 0.25) is 0 Å². The standard InChI is InChI=1S/C10H10N4O/c1-8-3-2-4-9(5-8)10(15)13-14-6-11-12-7-14/h2-7H,1H3,(H,13,15). The molecule has 1 heterocycles. The minimum atomic E-state index is -0.182. The molecular weight excluding hydrogens is 192 g/mol. The summed E-state index contributed by atoms with van der Waals surface area (Å²) in [6.45, 7) is 1.94. The highest BCUT2D eigenvalue weighted by Crippen LogP contribution is 2.03. The second kappa shape index (κ2) is 3.91. The lowest BCUT2D eigenvalue weighted by molar-refractivity contribution is 0.101. The molecule has 0 fully saturated rings. The number of aryl methyl sites for hydroxylation is 1. The van der Waals surface area contributed by atoms with E-state index in [1.165, 1.54) is 17.3 Å². The fourth-order valence-corrected chi connectivity index (χ4v) is 1.23. The molecule has 0 bridgehead atoms. The maximum atomic E-state index is 11.7. The number of carbonyl (C=O) groups is 1. The fraction of sp³-hybridized carbons (Fsp3) is 0.100. The summed E-state index contributed by atoms with van der Waals surface area (Å²) in [5, 5.41) is 7.17. The predicted molar refractivity (Wildman–Crippen MR) is 54.9 cm³/mol. The minimum Gasteiger partial charge on any atom is -0.267 e. The molecular formula is C10H10N4O. The second-order valence-corrected chi connectivity index (χ2v) is 3.18. The summed E-state index contributed by atoms with van der Waals surface area (Å²) in [5.74, 6) is -0.182. The number of carbonyl (C=O) groups excluding carboxylic acids is 1. The Bertz CT molecular complexity index is 464. The first-order valence-corrected chi connectivity index (χ1v) is 4.48. The van der Waals surface area contributed by atoms with Crippen LogP contribution >= 0.6 is 0 Å². The molecule has 1 aromatic carbocycles. The lowest BCUT2D eigenvalue weighted by atomic mass is 10.1. The monoisotopic (exact) mass is 202 g/mol. The molecule has 0 spiro atoms. The first-order valence-electron chi connectivity index (χ1n) is 4.48. The van der Waals surface area contributed by atoms with Crippen LogP contribution in [-0.4, -0.2) is 20.8 Å². The summed E-state index contributed by atoms with van der Waals surface area (Å²) in [5.41, 5.74) is 4.28. The third kappa shape index (κ3) is 2.19. The number of nitrogens with one attached hydrogen (secondary N) is 1. The average Bonchev–Trinajstić information content (AvgIpc) is 2.70. The molecule has 5 nitrogen and oxygen atoms in total. The van der Waals surface area contributed by atoms with Gasteiger partial charge in [-0.25, -0.2) is 4.68 Å². The average molecular weight is 202 g/mol. The van der Waals surface area contributed by atoms with Gasteiger partial charge in [0.05, 0.1) is 0 Å². The zero-order valence-electron chi connectivity index (χ0n) is 8.21. The largest absolute Gasteiger partial charge is 0.270 e. The van der Waals surface area contributed by atoms with Crippen LogP contribution in [0.4, 0.5) is 0 Å². The van der Waals surface area contributed by atoms with Gasteiger partial charge in [-0.1, -0.05) is 17.7 Å². The molecule has 1 N–H and O–H groups in total. The van der Waals surface area contributed by atoms with Crippen molar-refractivity contribution in [3.63, 3.8) is 0 Å². The molecule has 2 rings (SSSR count). The van der Waals surface area contributed by atoms with Gasteiger partial charge in [-0.05, 0) is 19.1 Å². The van der Waals surface area contributed by atoms with Gasteiger partial charge in [-0.15, -0.1) is 10.2 Å². The SMILES string of the molecule is Cc1cccc(C(=O)Nn2cnnc2)c1. The molecule has 0 aliphatic carbocycles. The van der Waals surface area contributed by atoms with Crippen LogP contribution < -0.4 is 5.43 Å². The molecule has 0 unspecified atom stereocenters. The number of benzene rings is 1. The second-order valence-electron chi connectivity index (χ2n) is 3.18. The van der Waals surface area contributed by atoms with Crippen LogP contribution in [0.5, 0.6) is 0 Å².